The van der Waals surface area contributed by atoms with Crippen molar-refractivity contribution in [3.8, 4) is 0 Å². The number of aromatic carboxylic acids is 1. The molecule has 8 nitrogen and oxygen atoms in total. The molecule has 1 aromatic carbocycles. The van der Waals surface area contributed by atoms with Crippen LogP contribution in [0.25, 0.3) is 0 Å². The number of nitrogens with one attached hydrogen (secondary N) is 1. The maximum Gasteiger partial charge on any atom is 0.337 e. The van der Waals surface area contributed by atoms with Crippen LogP contribution in [0.3, 0.4) is 0 Å². The molecule has 1 amide bonds. The van der Waals surface area contributed by atoms with Crippen LogP contribution in [0.5, 0.6) is 0 Å². The molecule has 2 N–H and O–H groups in total. The Labute approximate surface area is 159 Å². The molecule has 0 saturated carbocycles. The first-order valence-corrected chi connectivity index (χ1v) is 10.3. The van der Waals surface area contributed by atoms with E-state index >= 15 is 0 Å². The molecule has 0 radical (unpaired) electrons. The van der Waals surface area contributed by atoms with Crippen molar-refractivity contribution in [2.24, 2.45) is 5.92 Å². The number of carbonyl (C=O) groups excluding carboxylic acids is 1. The highest BCUT2D eigenvalue weighted by atomic mass is 32.2. The van der Waals surface area contributed by atoms with Gasteiger partial charge in [0.25, 0.3) is 0 Å². The van der Waals surface area contributed by atoms with E-state index in [1.165, 1.54) is 28.6 Å². The first kappa shape index (κ1) is 21.3. The van der Waals surface area contributed by atoms with E-state index in [1.807, 2.05) is 13.8 Å². The second-order valence-corrected chi connectivity index (χ2v) is 8.62. The number of sulfonamides is 1. The fourth-order valence-electron chi connectivity index (χ4n) is 3.03. The lowest BCUT2D eigenvalue weighted by Gasteiger charge is -2.32. The Morgan fingerprint density at radius 3 is 2.37 bits per heavy atom. The molecule has 150 valence electrons. The van der Waals surface area contributed by atoms with E-state index in [2.05, 4.69) is 5.32 Å². The molecule has 1 unspecified atom stereocenters. The summed E-state index contributed by atoms with van der Waals surface area (Å²) in [7, 11) is -2.35. The van der Waals surface area contributed by atoms with E-state index in [9.17, 15) is 23.1 Å². The molecule has 9 heteroatoms. The minimum absolute atomic E-state index is 0.116. The molecule has 2 rings (SSSR count). The summed E-state index contributed by atoms with van der Waals surface area (Å²) in [5.41, 5.74) is -0.250. The molecule has 0 spiro atoms. The van der Waals surface area contributed by atoms with Gasteiger partial charge < -0.3 is 15.2 Å². The molecule has 0 aromatic heterocycles. The fourth-order valence-corrected chi connectivity index (χ4v) is 4.68. The van der Waals surface area contributed by atoms with Gasteiger partial charge in [0.05, 0.1) is 22.6 Å². The van der Waals surface area contributed by atoms with Gasteiger partial charge in [-0.05, 0) is 38.8 Å². The minimum atomic E-state index is -3.93. The zero-order chi connectivity index (χ0) is 20.2. The van der Waals surface area contributed by atoms with Crippen LogP contribution >= 0.6 is 0 Å². The average molecular weight is 398 g/mol. The molecule has 1 heterocycles. The molecule has 0 aliphatic carbocycles. The highest BCUT2D eigenvalue weighted by Gasteiger charge is 2.34. The second-order valence-electron chi connectivity index (χ2n) is 6.72. The van der Waals surface area contributed by atoms with Gasteiger partial charge in [0.1, 0.15) is 0 Å². The third-order valence-electron chi connectivity index (χ3n) is 5.01. The number of rotatable bonds is 7. The van der Waals surface area contributed by atoms with Crippen LogP contribution in [0.15, 0.2) is 29.2 Å². The monoisotopic (exact) mass is 398 g/mol. The molecule has 0 bridgehead atoms. The first-order chi connectivity index (χ1) is 12.7. The van der Waals surface area contributed by atoms with Crippen molar-refractivity contribution in [3.63, 3.8) is 0 Å². The van der Waals surface area contributed by atoms with Crippen LogP contribution in [-0.4, -0.2) is 62.1 Å². The second kappa shape index (κ2) is 8.81. The Morgan fingerprint density at radius 1 is 1.22 bits per heavy atom. The normalized spacial score (nSPS) is 18.6. The summed E-state index contributed by atoms with van der Waals surface area (Å²) in [5.74, 6) is -1.68. The molecular formula is C18H26N2O6S. The van der Waals surface area contributed by atoms with Crippen LogP contribution in [0, 0.1) is 5.92 Å². The molecule has 1 aliphatic rings. The summed E-state index contributed by atoms with van der Waals surface area (Å²) in [6, 6.07) is 5.41. The van der Waals surface area contributed by atoms with Crippen LogP contribution in [0.4, 0.5) is 0 Å². The fraction of sp³-hybridized carbons (Fsp3) is 0.556. The Morgan fingerprint density at radius 2 is 1.81 bits per heavy atom. The molecule has 1 saturated heterocycles. The number of hydrogen-bond acceptors (Lipinski definition) is 5. The van der Waals surface area contributed by atoms with Gasteiger partial charge in [-0.15, -0.1) is 0 Å². The SMILES string of the molecule is COC(C)[C@H](C)NC(=O)C1CCN(S(=O)(=O)c2ccccc2C(=O)O)CC1. The summed E-state index contributed by atoms with van der Waals surface area (Å²) in [6.45, 7) is 4.06. The molecule has 27 heavy (non-hydrogen) atoms. The van der Waals surface area contributed by atoms with E-state index in [0.29, 0.717) is 12.8 Å². The number of methoxy groups -OCH3 is 1. The number of carboxylic acids is 1. The van der Waals surface area contributed by atoms with Crippen molar-refractivity contribution in [2.75, 3.05) is 20.2 Å². The summed E-state index contributed by atoms with van der Waals surface area (Å²) in [4.78, 5) is 23.5. The first-order valence-electron chi connectivity index (χ1n) is 8.84. The minimum Gasteiger partial charge on any atom is -0.478 e. The Balaban J connectivity index is 2.05. The number of nitrogens with zero attached hydrogens (tertiary/aromatic N) is 1. The van der Waals surface area contributed by atoms with E-state index in [4.69, 9.17) is 4.74 Å². The highest BCUT2D eigenvalue weighted by Crippen LogP contribution is 2.26. The van der Waals surface area contributed by atoms with Gasteiger partial charge in [0.2, 0.25) is 15.9 Å². The third kappa shape index (κ3) is 4.85. The van der Waals surface area contributed by atoms with Gasteiger partial charge in [-0.2, -0.15) is 4.31 Å². The number of carbonyl (C=O) groups is 2. The van der Waals surface area contributed by atoms with Gasteiger partial charge in [-0.3, -0.25) is 4.79 Å². The maximum atomic E-state index is 12.8. The smallest absolute Gasteiger partial charge is 0.337 e. The number of benzene rings is 1. The van der Waals surface area contributed by atoms with Crippen molar-refractivity contribution in [3.05, 3.63) is 29.8 Å². The maximum absolute atomic E-state index is 12.8. The van der Waals surface area contributed by atoms with E-state index in [-0.39, 0.29) is 47.5 Å². The molecule has 1 aliphatic heterocycles. The molecule has 1 aromatic rings. The van der Waals surface area contributed by atoms with Crippen molar-refractivity contribution in [1.82, 2.24) is 9.62 Å². The zero-order valence-electron chi connectivity index (χ0n) is 15.7. The lowest BCUT2D eigenvalue weighted by Crippen LogP contribution is -2.47. The predicted molar refractivity (Wildman–Crippen MR) is 99.0 cm³/mol. The Hall–Kier alpha value is -1.97. The lowest BCUT2D eigenvalue weighted by molar-refractivity contribution is -0.127. The van der Waals surface area contributed by atoms with Crippen molar-refractivity contribution in [2.45, 2.75) is 43.7 Å². The number of ether oxygens (including phenoxy) is 1. The standard InChI is InChI=1S/C18H26N2O6S/c1-12(13(2)26-3)19-17(21)14-8-10-20(11-9-14)27(24,25)16-7-5-4-6-15(16)18(22)23/h4-7,12-14H,8-11H2,1-3H3,(H,19,21)(H,22,23)/t12-,13?/m0/s1. The molecule has 2 atom stereocenters. The molecular weight excluding hydrogens is 372 g/mol. The topological polar surface area (TPSA) is 113 Å². The van der Waals surface area contributed by atoms with Crippen LogP contribution in [0.2, 0.25) is 0 Å². The quantitative estimate of drug-likeness (QED) is 0.716. The number of amides is 1. The third-order valence-corrected chi connectivity index (χ3v) is 6.96. The molecule has 1 fully saturated rings. The zero-order valence-corrected chi connectivity index (χ0v) is 16.5. The van der Waals surface area contributed by atoms with Gasteiger partial charge in [-0.1, -0.05) is 12.1 Å². The lowest BCUT2D eigenvalue weighted by atomic mass is 9.96. The summed E-state index contributed by atoms with van der Waals surface area (Å²) >= 11 is 0. The number of hydrogen-bond donors (Lipinski definition) is 2. The number of piperidine rings is 1. The van der Waals surface area contributed by atoms with Crippen LogP contribution in [-0.2, 0) is 19.6 Å². The average Bonchev–Trinajstić information content (AvgIpc) is 2.67. The van der Waals surface area contributed by atoms with E-state index in [0.717, 1.165) is 0 Å². The van der Waals surface area contributed by atoms with Crippen LogP contribution < -0.4 is 5.32 Å². The number of carboxylic acid groups (broad SMARTS) is 1. The van der Waals surface area contributed by atoms with Gasteiger partial charge in [0.15, 0.2) is 0 Å². The van der Waals surface area contributed by atoms with Crippen molar-refractivity contribution < 1.29 is 27.9 Å². The predicted octanol–water partition coefficient (Wildman–Crippen LogP) is 1.33. The summed E-state index contributed by atoms with van der Waals surface area (Å²) in [5, 5.41) is 12.1. The Kier molecular flexibility index (Phi) is 6.96. The van der Waals surface area contributed by atoms with Gasteiger partial charge >= 0.3 is 5.97 Å². The van der Waals surface area contributed by atoms with E-state index < -0.39 is 16.0 Å². The van der Waals surface area contributed by atoms with E-state index in [1.54, 1.807) is 7.11 Å². The highest BCUT2D eigenvalue weighted by molar-refractivity contribution is 7.89. The van der Waals surface area contributed by atoms with Crippen molar-refractivity contribution >= 4 is 21.9 Å². The summed E-state index contributed by atoms with van der Waals surface area (Å²) < 4.78 is 32.1. The van der Waals surface area contributed by atoms with Gasteiger partial charge in [0, 0.05) is 26.1 Å². The largest absolute Gasteiger partial charge is 0.478 e. The van der Waals surface area contributed by atoms with Gasteiger partial charge in [-0.25, -0.2) is 13.2 Å². The Bertz CT molecular complexity index is 787. The summed E-state index contributed by atoms with van der Waals surface area (Å²) in [6.07, 6.45) is 0.643. The van der Waals surface area contributed by atoms with Crippen LogP contribution in [0.1, 0.15) is 37.0 Å². The van der Waals surface area contributed by atoms with Crippen molar-refractivity contribution in [1.29, 1.82) is 0 Å².